The summed E-state index contributed by atoms with van der Waals surface area (Å²) in [5.74, 6) is 0.381. The SMILES string of the molecule is CCCN(C)S(=O)(=O)c1cc(CNC(C)C)ccc1OC. The minimum Gasteiger partial charge on any atom is -0.495 e. The topological polar surface area (TPSA) is 58.6 Å². The zero-order valence-electron chi connectivity index (χ0n) is 13.5. The molecule has 6 heteroatoms. The largest absolute Gasteiger partial charge is 0.495 e. The highest BCUT2D eigenvalue weighted by Gasteiger charge is 2.24. The van der Waals surface area contributed by atoms with Gasteiger partial charge in [-0.2, -0.15) is 0 Å². The van der Waals surface area contributed by atoms with Gasteiger partial charge in [0, 0.05) is 26.2 Å². The normalized spacial score (nSPS) is 12.1. The molecule has 120 valence electrons. The first-order valence-corrected chi connectivity index (χ1v) is 8.63. The van der Waals surface area contributed by atoms with Crippen molar-refractivity contribution >= 4 is 10.0 Å². The number of benzene rings is 1. The molecule has 0 aliphatic heterocycles. The molecule has 0 aliphatic carbocycles. The molecule has 0 saturated heterocycles. The predicted molar refractivity (Wildman–Crippen MR) is 85.1 cm³/mol. The third-order valence-electron chi connectivity index (χ3n) is 3.17. The summed E-state index contributed by atoms with van der Waals surface area (Å²) >= 11 is 0. The molecule has 0 spiro atoms. The maximum atomic E-state index is 12.6. The molecule has 0 amide bonds. The molecule has 1 aromatic rings. The second-order valence-electron chi connectivity index (χ2n) is 5.35. The lowest BCUT2D eigenvalue weighted by atomic mass is 10.2. The van der Waals surface area contributed by atoms with Crippen molar-refractivity contribution in [1.82, 2.24) is 9.62 Å². The molecule has 0 bridgehead atoms. The van der Waals surface area contributed by atoms with Gasteiger partial charge in [0.05, 0.1) is 7.11 Å². The van der Waals surface area contributed by atoms with Crippen LogP contribution in [0.4, 0.5) is 0 Å². The van der Waals surface area contributed by atoms with Crippen LogP contribution in [-0.4, -0.2) is 39.5 Å². The van der Waals surface area contributed by atoms with Crippen molar-refractivity contribution in [3.8, 4) is 5.75 Å². The summed E-state index contributed by atoms with van der Waals surface area (Å²) in [4.78, 5) is 0.226. The van der Waals surface area contributed by atoms with Crippen LogP contribution in [0.5, 0.6) is 5.75 Å². The molecular weight excluding hydrogens is 288 g/mol. The Labute approximate surface area is 128 Å². The zero-order chi connectivity index (χ0) is 16.0. The lowest BCUT2D eigenvalue weighted by Gasteiger charge is -2.19. The van der Waals surface area contributed by atoms with E-state index >= 15 is 0 Å². The minimum atomic E-state index is -3.52. The molecule has 1 aromatic carbocycles. The van der Waals surface area contributed by atoms with Crippen molar-refractivity contribution in [2.45, 2.75) is 44.7 Å². The molecule has 1 rings (SSSR count). The van der Waals surface area contributed by atoms with Crippen molar-refractivity contribution in [3.05, 3.63) is 23.8 Å². The highest BCUT2D eigenvalue weighted by molar-refractivity contribution is 7.89. The van der Waals surface area contributed by atoms with Crippen molar-refractivity contribution in [3.63, 3.8) is 0 Å². The van der Waals surface area contributed by atoms with E-state index in [0.29, 0.717) is 24.9 Å². The molecule has 0 saturated carbocycles. The number of rotatable bonds is 8. The highest BCUT2D eigenvalue weighted by Crippen LogP contribution is 2.27. The Morgan fingerprint density at radius 1 is 1.33 bits per heavy atom. The van der Waals surface area contributed by atoms with Crippen LogP contribution in [0.2, 0.25) is 0 Å². The van der Waals surface area contributed by atoms with Crippen molar-refractivity contribution < 1.29 is 13.2 Å². The quantitative estimate of drug-likeness (QED) is 0.799. The molecule has 0 aliphatic rings. The Hall–Kier alpha value is -1.11. The second kappa shape index (κ2) is 7.77. The summed E-state index contributed by atoms with van der Waals surface area (Å²) in [7, 11) is -0.444. The van der Waals surface area contributed by atoms with Crippen molar-refractivity contribution in [1.29, 1.82) is 0 Å². The van der Waals surface area contributed by atoms with Crippen LogP contribution >= 0.6 is 0 Å². The van der Waals surface area contributed by atoms with E-state index in [-0.39, 0.29) is 4.90 Å². The molecule has 0 fully saturated rings. The fourth-order valence-electron chi connectivity index (χ4n) is 1.96. The van der Waals surface area contributed by atoms with Gasteiger partial charge in [0.15, 0.2) is 0 Å². The molecule has 5 nitrogen and oxygen atoms in total. The Bertz CT molecular complexity index is 556. The molecule has 0 heterocycles. The number of sulfonamides is 1. The summed E-state index contributed by atoms with van der Waals surface area (Å²) in [6.45, 7) is 7.17. The number of methoxy groups -OCH3 is 1. The van der Waals surface area contributed by atoms with Crippen molar-refractivity contribution in [2.24, 2.45) is 0 Å². The van der Waals surface area contributed by atoms with Crippen LogP contribution in [0, 0.1) is 0 Å². The standard InChI is InChI=1S/C15H26N2O3S/c1-6-9-17(4)21(18,19)15-10-13(11-16-12(2)3)7-8-14(15)20-5/h7-8,10,12,16H,6,9,11H2,1-5H3. The monoisotopic (exact) mass is 314 g/mol. The molecule has 0 atom stereocenters. The van der Waals surface area contributed by atoms with Gasteiger partial charge in [-0.3, -0.25) is 0 Å². The molecule has 0 unspecified atom stereocenters. The average Bonchev–Trinajstić information content (AvgIpc) is 2.44. The van der Waals surface area contributed by atoms with E-state index in [4.69, 9.17) is 4.74 Å². The summed E-state index contributed by atoms with van der Waals surface area (Å²) < 4.78 is 31.8. The highest BCUT2D eigenvalue weighted by atomic mass is 32.2. The van der Waals surface area contributed by atoms with Gasteiger partial charge in [0.2, 0.25) is 10.0 Å². The average molecular weight is 314 g/mol. The number of nitrogens with one attached hydrogen (secondary N) is 1. The summed E-state index contributed by atoms with van der Waals surface area (Å²) in [6, 6.07) is 5.63. The van der Waals surface area contributed by atoms with Crippen LogP contribution in [0.1, 0.15) is 32.8 Å². The third kappa shape index (κ3) is 4.69. The van der Waals surface area contributed by atoms with Gasteiger partial charge in [-0.25, -0.2) is 12.7 Å². The van der Waals surface area contributed by atoms with Gasteiger partial charge in [-0.05, 0) is 24.1 Å². The van der Waals surface area contributed by atoms with Crippen LogP contribution in [0.25, 0.3) is 0 Å². The Kier molecular flexibility index (Phi) is 6.64. The first-order valence-electron chi connectivity index (χ1n) is 7.19. The van der Waals surface area contributed by atoms with E-state index in [1.54, 1.807) is 19.2 Å². The third-order valence-corrected chi connectivity index (χ3v) is 5.05. The maximum absolute atomic E-state index is 12.6. The molecule has 21 heavy (non-hydrogen) atoms. The molecule has 0 radical (unpaired) electrons. The van der Waals surface area contributed by atoms with Crippen LogP contribution < -0.4 is 10.1 Å². The lowest BCUT2D eigenvalue weighted by Crippen LogP contribution is -2.28. The van der Waals surface area contributed by atoms with E-state index in [2.05, 4.69) is 19.2 Å². The number of hydrogen-bond donors (Lipinski definition) is 1. The number of nitrogens with zero attached hydrogens (tertiary/aromatic N) is 1. The summed E-state index contributed by atoms with van der Waals surface area (Å²) in [6.07, 6.45) is 0.770. The van der Waals surface area contributed by atoms with Gasteiger partial charge >= 0.3 is 0 Å². The first-order chi connectivity index (χ1) is 9.82. The number of hydrogen-bond acceptors (Lipinski definition) is 4. The van der Waals surface area contributed by atoms with Gasteiger partial charge in [0.1, 0.15) is 10.6 Å². The van der Waals surface area contributed by atoms with Crippen molar-refractivity contribution in [2.75, 3.05) is 20.7 Å². The van der Waals surface area contributed by atoms with Crippen LogP contribution in [0.15, 0.2) is 23.1 Å². The molecule has 1 N–H and O–H groups in total. The Morgan fingerprint density at radius 3 is 2.52 bits per heavy atom. The lowest BCUT2D eigenvalue weighted by molar-refractivity contribution is 0.397. The van der Waals surface area contributed by atoms with E-state index in [1.165, 1.54) is 11.4 Å². The summed E-state index contributed by atoms with van der Waals surface area (Å²) in [5, 5.41) is 3.28. The van der Waals surface area contributed by atoms with Crippen LogP contribution in [0.3, 0.4) is 0 Å². The fraction of sp³-hybridized carbons (Fsp3) is 0.600. The van der Waals surface area contributed by atoms with E-state index in [1.807, 2.05) is 13.0 Å². The maximum Gasteiger partial charge on any atom is 0.246 e. The Balaban J connectivity index is 3.16. The van der Waals surface area contributed by atoms with E-state index in [0.717, 1.165) is 12.0 Å². The van der Waals surface area contributed by atoms with Gasteiger partial charge < -0.3 is 10.1 Å². The first kappa shape index (κ1) is 17.9. The van der Waals surface area contributed by atoms with Gasteiger partial charge in [0.25, 0.3) is 0 Å². The molecular formula is C15H26N2O3S. The second-order valence-corrected chi connectivity index (χ2v) is 7.36. The van der Waals surface area contributed by atoms with Gasteiger partial charge in [-0.1, -0.05) is 26.8 Å². The smallest absolute Gasteiger partial charge is 0.246 e. The Morgan fingerprint density at radius 2 is 2.00 bits per heavy atom. The minimum absolute atomic E-state index is 0.226. The van der Waals surface area contributed by atoms with E-state index in [9.17, 15) is 8.42 Å². The predicted octanol–water partition coefficient (Wildman–Crippen LogP) is 2.22. The molecule has 0 aromatic heterocycles. The summed E-state index contributed by atoms with van der Waals surface area (Å²) in [5.41, 5.74) is 0.924. The van der Waals surface area contributed by atoms with E-state index < -0.39 is 10.0 Å². The van der Waals surface area contributed by atoms with Crippen LogP contribution in [-0.2, 0) is 16.6 Å². The van der Waals surface area contributed by atoms with Gasteiger partial charge in [-0.15, -0.1) is 0 Å². The number of ether oxygens (including phenoxy) is 1. The fourth-order valence-corrected chi connectivity index (χ4v) is 3.42. The zero-order valence-corrected chi connectivity index (χ0v) is 14.3.